The number of sulfone groups is 1. The smallest absolute Gasteiger partial charge is 0.251 e. The summed E-state index contributed by atoms with van der Waals surface area (Å²) in [7, 11) is -3.46. The van der Waals surface area contributed by atoms with E-state index in [9.17, 15) is 13.2 Å². The number of likely N-dealkylation sites (tertiary alicyclic amines) is 1. The summed E-state index contributed by atoms with van der Waals surface area (Å²) in [5.74, 6) is -0.299. The minimum absolute atomic E-state index is 0.0744. The van der Waals surface area contributed by atoms with Gasteiger partial charge in [-0.15, -0.1) is 0 Å². The Bertz CT molecular complexity index is 1160. The molecule has 4 rings (SSSR count). The Morgan fingerprint density at radius 2 is 1.69 bits per heavy atom. The molecule has 1 aliphatic rings. The van der Waals surface area contributed by atoms with Crippen molar-refractivity contribution >= 4 is 15.7 Å². The third kappa shape index (κ3) is 5.26. The third-order valence-corrected chi connectivity index (χ3v) is 7.74. The molecule has 1 N–H and O–H groups in total. The van der Waals surface area contributed by atoms with Crippen molar-refractivity contribution in [2.24, 2.45) is 0 Å². The topological polar surface area (TPSA) is 66.5 Å². The van der Waals surface area contributed by atoms with Gasteiger partial charge in [-0.3, -0.25) is 9.69 Å². The second-order valence-electron chi connectivity index (χ2n) is 8.31. The first-order valence-corrected chi connectivity index (χ1v) is 12.5. The van der Waals surface area contributed by atoms with Crippen LogP contribution in [0.5, 0.6) is 0 Å². The van der Waals surface area contributed by atoms with Gasteiger partial charge >= 0.3 is 0 Å². The zero-order valence-corrected chi connectivity index (χ0v) is 19.0. The highest BCUT2D eigenvalue weighted by Crippen LogP contribution is 2.25. The molecular weight excluding hydrogens is 420 g/mol. The van der Waals surface area contributed by atoms with Crippen molar-refractivity contribution in [3.05, 3.63) is 102 Å². The number of rotatable bonds is 7. The van der Waals surface area contributed by atoms with E-state index in [1.54, 1.807) is 54.6 Å². The summed E-state index contributed by atoms with van der Waals surface area (Å²) in [5, 5.41) is 3.12. The molecule has 0 bridgehead atoms. The standard InChI is InChI=1S/C26H28N2O3S/c1-20(22-10-4-2-5-11-22)28-16-15-24(18-28)27-26(29)23-12-8-9-21(17-23)19-32(30,31)25-13-6-3-7-14-25/h2-14,17,20,24H,15-16,18-19H2,1H3,(H,27,29). The van der Waals surface area contributed by atoms with Gasteiger partial charge in [0.1, 0.15) is 0 Å². The van der Waals surface area contributed by atoms with Crippen LogP contribution in [-0.4, -0.2) is 38.4 Å². The Labute approximate surface area is 190 Å². The molecule has 0 radical (unpaired) electrons. The molecule has 1 fully saturated rings. The molecule has 166 valence electrons. The van der Waals surface area contributed by atoms with Crippen LogP contribution in [0.1, 0.15) is 40.9 Å². The van der Waals surface area contributed by atoms with Crippen molar-refractivity contribution in [2.45, 2.75) is 36.1 Å². The maximum atomic E-state index is 12.9. The van der Waals surface area contributed by atoms with Crippen LogP contribution in [0.4, 0.5) is 0 Å². The summed E-state index contributed by atoms with van der Waals surface area (Å²) >= 11 is 0. The van der Waals surface area contributed by atoms with Gasteiger partial charge in [-0.1, -0.05) is 60.7 Å². The first-order chi connectivity index (χ1) is 15.4. The van der Waals surface area contributed by atoms with E-state index in [4.69, 9.17) is 0 Å². The second-order valence-corrected chi connectivity index (χ2v) is 10.3. The SMILES string of the molecule is CC(c1ccccc1)N1CCC(NC(=O)c2cccc(CS(=O)(=O)c3ccccc3)c2)C1. The van der Waals surface area contributed by atoms with Crippen molar-refractivity contribution in [3.63, 3.8) is 0 Å². The molecule has 3 aromatic rings. The molecule has 1 amide bonds. The predicted octanol–water partition coefficient (Wildman–Crippen LogP) is 4.23. The number of benzene rings is 3. The van der Waals surface area contributed by atoms with E-state index < -0.39 is 9.84 Å². The second kappa shape index (κ2) is 9.67. The van der Waals surface area contributed by atoms with Gasteiger partial charge in [0.2, 0.25) is 0 Å². The Hall–Kier alpha value is -2.96. The lowest BCUT2D eigenvalue weighted by molar-refractivity contribution is 0.0936. The van der Waals surface area contributed by atoms with Gasteiger partial charge in [0.25, 0.3) is 5.91 Å². The Morgan fingerprint density at radius 3 is 2.41 bits per heavy atom. The van der Waals surface area contributed by atoms with Gasteiger partial charge in [0.05, 0.1) is 10.6 Å². The fourth-order valence-electron chi connectivity index (χ4n) is 4.20. The largest absolute Gasteiger partial charge is 0.348 e. The first kappa shape index (κ1) is 22.2. The van der Waals surface area contributed by atoms with Crippen molar-refractivity contribution in [1.29, 1.82) is 0 Å². The van der Waals surface area contributed by atoms with Crippen LogP contribution in [0, 0.1) is 0 Å². The van der Waals surface area contributed by atoms with Crippen LogP contribution < -0.4 is 5.32 Å². The summed E-state index contributed by atoms with van der Waals surface area (Å²) in [6.45, 7) is 3.91. The monoisotopic (exact) mass is 448 g/mol. The highest BCUT2D eigenvalue weighted by Gasteiger charge is 2.28. The van der Waals surface area contributed by atoms with E-state index in [0.717, 1.165) is 19.5 Å². The van der Waals surface area contributed by atoms with Crippen LogP contribution in [0.15, 0.2) is 89.8 Å². The van der Waals surface area contributed by atoms with Gasteiger partial charge in [-0.25, -0.2) is 8.42 Å². The minimum Gasteiger partial charge on any atom is -0.348 e. The maximum Gasteiger partial charge on any atom is 0.251 e. The van der Waals surface area contributed by atoms with E-state index in [0.29, 0.717) is 17.2 Å². The number of nitrogens with zero attached hydrogens (tertiary/aromatic N) is 1. The molecule has 1 saturated heterocycles. The quantitative estimate of drug-likeness (QED) is 0.588. The highest BCUT2D eigenvalue weighted by atomic mass is 32.2. The Kier molecular flexibility index (Phi) is 6.72. The fraction of sp³-hybridized carbons (Fsp3) is 0.269. The highest BCUT2D eigenvalue weighted by molar-refractivity contribution is 7.90. The number of nitrogens with one attached hydrogen (secondary N) is 1. The number of carbonyl (C=O) groups excluding carboxylic acids is 1. The van der Waals surface area contributed by atoms with Crippen molar-refractivity contribution in [1.82, 2.24) is 10.2 Å². The molecule has 0 aromatic heterocycles. The van der Waals surface area contributed by atoms with Gasteiger partial charge in [-0.2, -0.15) is 0 Å². The first-order valence-electron chi connectivity index (χ1n) is 10.9. The Balaban J connectivity index is 1.38. The molecule has 6 heteroatoms. The van der Waals surface area contributed by atoms with Crippen LogP contribution in [0.2, 0.25) is 0 Å². The molecule has 3 aromatic carbocycles. The normalized spacial score (nSPS) is 17.7. The lowest BCUT2D eigenvalue weighted by Crippen LogP contribution is -2.37. The number of hydrogen-bond donors (Lipinski definition) is 1. The Morgan fingerprint density at radius 1 is 1.00 bits per heavy atom. The predicted molar refractivity (Wildman–Crippen MR) is 126 cm³/mol. The van der Waals surface area contributed by atoms with Crippen LogP contribution in [-0.2, 0) is 15.6 Å². The van der Waals surface area contributed by atoms with E-state index >= 15 is 0 Å². The van der Waals surface area contributed by atoms with Crippen LogP contribution >= 0.6 is 0 Å². The van der Waals surface area contributed by atoms with Gasteiger partial charge < -0.3 is 5.32 Å². The van der Waals surface area contributed by atoms with E-state index in [1.807, 2.05) is 18.2 Å². The molecule has 32 heavy (non-hydrogen) atoms. The molecule has 0 spiro atoms. The van der Waals surface area contributed by atoms with Crippen LogP contribution in [0.25, 0.3) is 0 Å². The van der Waals surface area contributed by atoms with Crippen LogP contribution in [0.3, 0.4) is 0 Å². The number of amides is 1. The number of carbonyl (C=O) groups is 1. The van der Waals surface area contributed by atoms with E-state index in [1.165, 1.54) is 5.56 Å². The van der Waals surface area contributed by atoms with Gasteiger partial charge in [-0.05, 0) is 48.7 Å². The lowest BCUT2D eigenvalue weighted by Gasteiger charge is -2.24. The molecule has 2 unspecified atom stereocenters. The average molecular weight is 449 g/mol. The molecule has 5 nitrogen and oxygen atoms in total. The molecular formula is C26H28N2O3S. The van der Waals surface area contributed by atoms with E-state index in [-0.39, 0.29) is 22.6 Å². The molecule has 0 saturated carbocycles. The third-order valence-electron chi connectivity index (χ3n) is 6.03. The lowest BCUT2D eigenvalue weighted by atomic mass is 10.1. The fourth-order valence-corrected chi connectivity index (χ4v) is 5.56. The summed E-state index contributed by atoms with van der Waals surface area (Å²) in [5.41, 5.74) is 2.36. The van der Waals surface area contributed by atoms with Gasteiger partial charge in [0.15, 0.2) is 9.84 Å². The summed E-state index contributed by atoms with van der Waals surface area (Å²) < 4.78 is 25.3. The van der Waals surface area contributed by atoms with Gasteiger partial charge in [0, 0.05) is 30.7 Å². The zero-order chi connectivity index (χ0) is 22.6. The number of hydrogen-bond acceptors (Lipinski definition) is 4. The zero-order valence-electron chi connectivity index (χ0n) is 18.1. The average Bonchev–Trinajstić information content (AvgIpc) is 3.28. The van der Waals surface area contributed by atoms with Crippen molar-refractivity contribution in [3.8, 4) is 0 Å². The van der Waals surface area contributed by atoms with Crippen molar-refractivity contribution < 1.29 is 13.2 Å². The molecule has 1 aliphatic heterocycles. The van der Waals surface area contributed by atoms with E-state index in [2.05, 4.69) is 29.3 Å². The maximum absolute atomic E-state index is 12.9. The summed E-state index contributed by atoms with van der Waals surface area (Å²) in [6.07, 6.45) is 0.894. The summed E-state index contributed by atoms with van der Waals surface area (Å²) in [6, 6.07) is 26.0. The van der Waals surface area contributed by atoms with Crippen molar-refractivity contribution in [2.75, 3.05) is 13.1 Å². The molecule has 0 aliphatic carbocycles. The minimum atomic E-state index is -3.46. The molecule has 1 heterocycles. The summed E-state index contributed by atoms with van der Waals surface area (Å²) in [4.78, 5) is 15.5. The molecule has 2 atom stereocenters.